The number of aryl methyl sites for hydroxylation is 1. The number of halogens is 1. The molecule has 5 nitrogen and oxygen atoms in total. The van der Waals surface area contributed by atoms with Crippen LogP contribution >= 0.6 is 0 Å². The van der Waals surface area contributed by atoms with E-state index < -0.39 is 0 Å². The highest BCUT2D eigenvalue weighted by atomic mass is 19.1. The summed E-state index contributed by atoms with van der Waals surface area (Å²) < 4.78 is 14.9. The Labute approximate surface area is 115 Å². The van der Waals surface area contributed by atoms with E-state index in [1.165, 1.54) is 12.1 Å². The van der Waals surface area contributed by atoms with E-state index in [1.807, 2.05) is 37.1 Å². The lowest BCUT2D eigenvalue weighted by atomic mass is 10.2. The number of aromatic nitrogens is 4. The number of anilines is 1. The van der Waals surface area contributed by atoms with Gasteiger partial charge in [0.15, 0.2) is 11.5 Å². The van der Waals surface area contributed by atoms with Crippen molar-refractivity contribution in [2.75, 3.05) is 11.9 Å². The summed E-state index contributed by atoms with van der Waals surface area (Å²) in [6.45, 7) is 2.43. The number of hydrogen-bond donors (Lipinski definition) is 0. The fraction of sp³-hybridized carbons (Fsp3) is 0.214. The van der Waals surface area contributed by atoms with E-state index >= 15 is 0 Å². The zero-order valence-corrected chi connectivity index (χ0v) is 11.3. The quantitative estimate of drug-likeness (QED) is 0.732. The Morgan fingerprint density at radius 1 is 1.20 bits per heavy atom. The van der Waals surface area contributed by atoms with Crippen LogP contribution in [0.1, 0.15) is 11.4 Å². The molecule has 3 rings (SSSR count). The molecule has 0 radical (unpaired) electrons. The molecular formula is C14H14FN5. The highest BCUT2D eigenvalue weighted by molar-refractivity contribution is 5.45. The van der Waals surface area contributed by atoms with Gasteiger partial charge < -0.3 is 4.90 Å². The third-order valence-electron chi connectivity index (χ3n) is 3.10. The molecule has 0 aliphatic heterocycles. The maximum Gasteiger partial charge on any atom is 0.178 e. The van der Waals surface area contributed by atoms with Crippen molar-refractivity contribution in [2.24, 2.45) is 0 Å². The van der Waals surface area contributed by atoms with Gasteiger partial charge in [-0.05, 0) is 36.8 Å². The zero-order valence-electron chi connectivity index (χ0n) is 11.3. The molecule has 0 aliphatic rings. The molecule has 0 amide bonds. The van der Waals surface area contributed by atoms with Gasteiger partial charge >= 0.3 is 0 Å². The molecule has 6 heteroatoms. The normalized spacial score (nSPS) is 10.9. The maximum absolute atomic E-state index is 13.2. The summed E-state index contributed by atoms with van der Waals surface area (Å²) in [6.07, 6.45) is 0. The molecule has 0 fully saturated rings. The largest absolute Gasteiger partial charge is 0.354 e. The van der Waals surface area contributed by atoms with Crippen LogP contribution in [0.3, 0.4) is 0 Å². The second kappa shape index (κ2) is 4.88. The van der Waals surface area contributed by atoms with Gasteiger partial charge in [-0.1, -0.05) is 12.1 Å². The van der Waals surface area contributed by atoms with Crippen LogP contribution in [0.25, 0.3) is 5.65 Å². The SMILES string of the molecule is Cc1nnc2ccc(N(C)Cc3cccc(F)c3)nn12. The summed E-state index contributed by atoms with van der Waals surface area (Å²) in [4.78, 5) is 1.95. The summed E-state index contributed by atoms with van der Waals surface area (Å²) in [6, 6.07) is 10.3. The Kier molecular flexibility index (Phi) is 3.06. The van der Waals surface area contributed by atoms with Gasteiger partial charge in [0.25, 0.3) is 0 Å². The monoisotopic (exact) mass is 271 g/mol. The van der Waals surface area contributed by atoms with Crippen LogP contribution in [0, 0.1) is 12.7 Å². The lowest BCUT2D eigenvalue weighted by Gasteiger charge is -2.18. The van der Waals surface area contributed by atoms with E-state index in [9.17, 15) is 4.39 Å². The highest BCUT2D eigenvalue weighted by Gasteiger charge is 2.08. The van der Waals surface area contributed by atoms with Crippen LogP contribution < -0.4 is 4.90 Å². The molecule has 1 aromatic carbocycles. The van der Waals surface area contributed by atoms with Gasteiger partial charge in [-0.25, -0.2) is 4.39 Å². The number of fused-ring (bicyclic) bond motifs is 1. The first-order valence-corrected chi connectivity index (χ1v) is 6.28. The average Bonchev–Trinajstić information content (AvgIpc) is 2.80. The van der Waals surface area contributed by atoms with Gasteiger partial charge in [0.1, 0.15) is 11.6 Å². The van der Waals surface area contributed by atoms with Gasteiger partial charge in [0, 0.05) is 13.6 Å². The van der Waals surface area contributed by atoms with Gasteiger partial charge in [-0.3, -0.25) is 0 Å². The van der Waals surface area contributed by atoms with E-state index in [0.29, 0.717) is 12.2 Å². The standard InChI is InChI=1S/C14H14FN5/c1-10-16-17-13-6-7-14(18-20(10)13)19(2)9-11-4-3-5-12(15)8-11/h3-8H,9H2,1-2H3. The number of rotatable bonds is 3. The molecule has 0 saturated heterocycles. The molecule has 2 aromatic heterocycles. The van der Waals surface area contributed by atoms with E-state index in [4.69, 9.17) is 0 Å². The third kappa shape index (κ3) is 2.32. The molecule has 0 N–H and O–H groups in total. The van der Waals surface area contributed by atoms with E-state index in [1.54, 1.807) is 10.6 Å². The Bertz CT molecular complexity index is 752. The smallest absolute Gasteiger partial charge is 0.178 e. The summed E-state index contributed by atoms with van der Waals surface area (Å²) in [7, 11) is 1.92. The summed E-state index contributed by atoms with van der Waals surface area (Å²) in [5.74, 6) is 1.29. The maximum atomic E-state index is 13.2. The van der Waals surface area contributed by atoms with Crippen molar-refractivity contribution >= 4 is 11.5 Å². The molecule has 0 atom stereocenters. The van der Waals surface area contributed by atoms with Crippen LogP contribution in [-0.4, -0.2) is 26.9 Å². The number of nitrogens with zero attached hydrogens (tertiary/aromatic N) is 5. The Hall–Kier alpha value is -2.50. The van der Waals surface area contributed by atoms with Crippen LogP contribution in [0.2, 0.25) is 0 Å². The Balaban J connectivity index is 1.88. The highest BCUT2D eigenvalue weighted by Crippen LogP contribution is 2.14. The van der Waals surface area contributed by atoms with Crippen molar-refractivity contribution in [1.82, 2.24) is 19.8 Å². The van der Waals surface area contributed by atoms with E-state index in [2.05, 4.69) is 15.3 Å². The predicted molar refractivity (Wildman–Crippen MR) is 74.0 cm³/mol. The molecular weight excluding hydrogens is 257 g/mol. The van der Waals surface area contributed by atoms with Gasteiger partial charge in [0.2, 0.25) is 0 Å². The minimum Gasteiger partial charge on any atom is -0.354 e. The van der Waals surface area contributed by atoms with Gasteiger partial charge in [-0.2, -0.15) is 4.52 Å². The summed E-state index contributed by atoms with van der Waals surface area (Å²) in [5, 5.41) is 12.4. The van der Waals surface area contributed by atoms with E-state index in [0.717, 1.165) is 17.2 Å². The fourth-order valence-electron chi connectivity index (χ4n) is 2.08. The molecule has 0 spiro atoms. The van der Waals surface area contributed by atoms with Crippen molar-refractivity contribution in [3.8, 4) is 0 Å². The molecule has 2 heterocycles. The van der Waals surface area contributed by atoms with Crippen LogP contribution in [0.4, 0.5) is 10.2 Å². The first-order valence-electron chi connectivity index (χ1n) is 6.28. The fourth-order valence-corrected chi connectivity index (χ4v) is 2.08. The van der Waals surface area contributed by atoms with Gasteiger partial charge in [0.05, 0.1) is 0 Å². The second-order valence-corrected chi connectivity index (χ2v) is 4.69. The Morgan fingerprint density at radius 2 is 2.05 bits per heavy atom. The topological polar surface area (TPSA) is 46.3 Å². The van der Waals surface area contributed by atoms with Crippen molar-refractivity contribution in [3.63, 3.8) is 0 Å². The number of benzene rings is 1. The lowest BCUT2D eigenvalue weighted by molar-refractivity contribution is 0.625. The van der Waals surface area contributed by atoms with E-state index in [-0.39, 0.29) is 5.82 Å². The van der Waals surface area contributed by atoms with Crippen LogP contribution in [0.5, 0.6) is 0 Å². The van der Waals surface area contributed by atoms with Crippen molar-refractivity contribution < 1.29 is 4.39 Å². The van der Waals surface area contributed by atoms with Crippen LogP contribution in [-0.2, 0) is 6.54 Å². The first kappa shape index (κ1) is 12.5. The van der Waals surface area contributed by atoms with Crippen molar-refractivity contribution in [2.45, 2.75) is 13.5 Å². The minimum atomic E-state index is -0.228. The van der Waals surface area contributed by atoms with Crippen LogP contribution in [0.15, 0.2) is 36.4 Å². The number of hydrogen-bond acceptors (Lipinski definition) is 4. The summed E-state index contributed by atoms with van der Waals surface area (Å²) in [5.41, 5.74) is 1.61. The second-order valence-electron chi connectivity index (χ2n) is 4.69. The molecule has 3 aromatic rings. The molecule has 0 unspecified atom stereocenters. The first-order chi connectivity index (χ1) is 9.63. The molecule has 0 saturated carbocycles. The van der Waals surface area contributed by atoms with Gasteiger partial charge in [-0.15, -0.1) is 15.3 Å². The Morgan fingerprint density at radius 3 is 2.85 bits per heavy atom. The van der Waals surface area contributed by atoms with Crippen molar-refractivity contribution in [3.05, 3.63) is 53.6 Å². The molecule has 102 valence electrons. The average molecular weight is 271 g/mol. The lowest BCUT2D eigenvalue weighted by Crippen LogP contribution is -2.18. The summed E-state index contributed by atoms with van der Waals surface area (Å²) >= 11 is 0. The zero-order chi connectivity index (χ0) is 14.1. The third-order valence-corrected chi connectivity index (χ3v) is 3.10. The predicted octanol–water partition coefficient (Wildman–Crippen LogP) is 2.21. The minimum absolute atomic E-state index is 0.228. The molecule has 0 aliphatic carbocycles. The molecule has 20 heavy (non-hydrogen) atoms. The molecule has 0 bridgehead atoms. The van der Waals surface area contributed by atoms with Crippen molar-refractivity contribution in [1.29, 1.82) is 0 Å².